The zero-order chi connectivity index (χ0) is 21.2. The lowest BCUT2D eigenvalue weighted by Gasteiger charge is -2.35. The number of hydrogen-bond donors (Lipinski definition) is 0. The number of pyridine rings is 1. The Bertz CT molecular complexity index is 1050. The summed E-state index contributed by atoms with van der Waals surface area (Å²) in [5.74, 6) is 1.90. The van der Waals surface area contributed by atoms with Crippen LogP contribution in [-0.4, -0.2) is 69.7 Å². The number of imidazole rings is 1. The van der Waals surface area contributed by atoms with Crippen molar-refractivity contribution in [3.63, 3.8) is 0 Å². The lowest BCUT2D eigenvalue weighted by Crippen LogP contribution is -2.49. The van der Waals surface area contributed by atoms with Crippen molar-refractivity contribution in [2.24, 2.45) is 0 Å². The van der Waals surface area contributed by atoms with E-state index in [1.165, 1.54) is 25.7 Å². The molecule has 2 saturated heterocycles. The van der Waals surface area contributed by atoms with Gasteiger partial charge in [-0.05, 0) is 44.0 Å². The molecule has 0 radical (unpaired) electrons. The van der Waals surface area contributed by atoms with Crippen LogP contribution in [0.5, 0.6) is 0 Å². The molecule has 0 atom stereocenters. The van der Waals surface area contributed by atoms with Gasteiger partial charge in [0.2, 0.25) is 0 Å². The lowest BCUT2D eigenvalue weighted by molar-refractivity contribution is 0.0738. The third-order valence-corrected chi connectivity index (χ3v) is 6.36. The molecule has 162 valence electrons. The van der Waals surface area contributed by atoms with E-state index < -0.39 is 0 Å². The first kappa shape index (κ1) is 19.8. The van der Waals surface area contributed by atoms with E-state index in [0.29, 0.717) is 18.8 Å². The third kappa shape index (κ3) is 3.94. The fraction of sp³-hybridized carbons (Fsp3) is 0.478. The van der Waals surface area contributed by atoms with Gasteiger partial charge >= 0.3 is 0 Å². The van der Waals surface area contributed by atoms with Gasteiger partial charge in [-0.15, -0.1) is 10.2 Å². The zero-order valence-corrected chi connectivity index (χ0v) is 18.1. The minimum absolute atomic E-state index is 0.0402. The van der Waals surface area contributed by atoms with Gasteiger partial charge < -0.3 is 14.7 Å². The number of aromatic nitrogens is 4. The molecule has 0 spiro atoms. The highest BCUT2D eigenvalue weighted by Gasteiger charge is 2.26. The van der Waals surface area contributed by atoms with Crippen LogP contribution in [0.4, 0.5) is 11.6 Å². The van der Waals surface area contributed by atoms with Crippen molar-refractivity contribution in [2.75, 3.05) is 49.1 Å². The van der Waals surface area contributed by atoms with Crippen molar-refractivity contribution in [2.45, 2.75) is 32.6 Å². The van der Waals surface area contributed by atoms with Crippen molar-refractivity contribution in [3.8, 4) is 0 Å². The Labute approximate surface area is 182 Å². The topological polar surface area (TPSA) is 69.9 Å². The number of carbonyl (C=O) groups is 1. The van der Waals surface area contributed by atoms with Gasteiger partial charge in [-0.25, -0.2) is 4.98 Å². The fourth-order valence-corrected chi connectivity index (χ4v) is 4.61. The molecule has 0 aromatic carbocycles. The van der Waals surface area contributed by atoms with Crippen molar-refractivity contribution in [1.29, 1.82) is 0 Å². The second-order valence-electron chi connectivity index (χ2n) is 8.40. The summed E-state index contributed by atoms with van der Waals surface area (Å²) in [5, 5.41) is 9.00. The number of nitrogens with zero attached hydrogens (tertiary/aromatic N) is 7. The second kappa shape index (κ2) is 8.53. The van der Waals surface area contributed by atoms with Crippen LogP contribution in [0.25, 0.3) is 5.65 Å². The fourth-order valence-electron chi connectivity index (χ4n) is 4.61. The lowest BCUT2D eigenvalue weighted by atomic mass is 10.2. The van der Waals surface area contributed by atoms with Crippen LogP contribution < -0.4 is 9.80 Å². The van der Waals surface area contributed by atoms with Crippen LogP contribution in [0.1, 0.15) is 41.9 Å². The predicted octanol–water partition coefficient (Wildman–Crippen LogP) is 2.78. The predicted molar refractivity (Wildman–Crippen MR) is 121 cm³/mol. The van der Waals surface area contributed by atoms with Crippen LogP contribution in [0, 0.1) is 6.92 Å². The number of fused-ring (bicyclic) bond motifs is 1. The van der Waals surface area contributed by atoms with E-state index in [1.54, 1.807) is 0 Å². The first-order valence-electron chi connectivity index (χ1n) is 11.3. The smallest absolute Gasteiger partial charge is 0.272 e. The van der Waals surface area contributed by atoms with E-state index >= 15 is 0 Å². The van der Waals surface area contributed by atoms with Gasteiger partial charge in [-0.2, -0.15) is 0 Å². The number of piperazine rings is 1. The molecule has 5 rings (SSSR count). The molecule has 2 aliphatic rings. The maximum absolute atomic E-state index is 13.2. The van der Waals surface area contributed by atoms with Gasteiger partial charge in [0.25, 0.3) is 5.91 Å². The summed E-state index contributed by atoms with van der Waals surface area (Å²) >= 11 is 0. The molecule has 0 bridgehead atoms. The molecule has 3 aromatic heterocycles. The Morgan fingerprint density at radius 2 is 1.45 bits per heavy atom. The molecule has 31 heavy (non-hydrogen) atoms. The molecule has 5 heterocycles. The summed E-state index contributed by atoms with van der Waals surface area (Å²) < 4.78 is 1.89. The van der Waals surface area contributed by atoms with Crippen LogP contribution in [0.3, 0.4) is 0 Å². The van der Waals surface area contributed by atoms with Gasteiger partial charge in [0, 0.05) is 45.5 Å². The van der Waals surface area contributed by atoms with Gasteiger partial charge in [0.05, 0.1) is 5.69 Å². The van der Waals surface area contributed by atoms with Crippen molar-refractivity contribution >= 4 is 23.2 Å². The average molecular weight is 420 g/mol. The van der Waals surface area contributed by atoms with Gasteiger partial charge in [0.1, 0.15) is 11.3 Å². The highest BCUT2D eigenvalue weighted by Crippen LogP contribution is 2.21. The maximum atomic E-state index is 13.2. The van der Waals surface area contributed by atoms with E-state index in [9.17, 15) is 4.79 Å². The molecule has 2 fully saturated rings. The summed E-state index contributed by atoms with van der Waals surface area (Å²) in [6.07, 6.45) is 6.97. The van der Waals surface area contributed by atoms with Gasteiger partial charge in [-0.1, -0.05) is 18.9 Å². The van der Waals surface area contributed by atoms with Crippen molar-refractivity contribution in [1.82, 2.24) is 24.5 Å². The average Bonchev–Trinajstić information content (AvgIpc) is 2.96. The molecule has 0 aliphatic carbocycles. The molecule has 0 saturated carbocycles. The van der Waals surface area contributed by atoms with Crippen LogP contribution >= 0.6 is 0 Å². The minimum Gasteiger partial charge on any atom is -0.355 e. The van der Waals surface area contributed by atoms with Crippen LogP contribution in [0.15, 0.2) is 36.5 Å². The first-order chi connectivity index (χ1) is 15.2. The molecule has 0 unspecified atom stereocenters. The van der Waals surface area contributed by atoms with Crippen LogP contribution in [0.2, 0.25) is 0 Å². The highest BCUT2D eigenvalue weighted by molar-refractivity contribution is 5.94. The van der Waals surface area contributed by atoms with Crippen molar-refractivity contribution in [3.05, 3.63) is 47.9 Å². The molecule has 1 amide bonds. The van der Waals surface area contributed by atoms with E-state index in [0.717, 1.165) is 49.2 Å². The summed E-state index contributed by atoms with van der Waals surface area (Å²) in [7, 11) is 0. The second-order valence-corrected chi connectivity index (χ2v) is 8.40. The summed E-state index contributed by atoms with van der Waals surface area (Å²) in [6.45, 7) is 6.85. The monoisotopic (exact) mass is 419 g/mol. The SMILES string of the molecule is Cc1nc2ccccn2c1C(=O)N1CCN(c2ccc(N3CCCCCC3)nn2)CC1. The van der Waals surface area contributed by atoms with E-state index in [2.05, 4.69) is 37.1 Å². The summed E-state index contributed by atoms with van der Waals surface area (Å²) in [4.78, 5) is 24.2. The molecule has 8 heteroatoms. The molecule has 3 aromatic rings. The summed E-state index contributed by atoms with van der Waals surface area (Å²) in [6, 6.07) is 9.95. The normalized spacial score (nSPS) is 17.8. The highest BCUT2D eigenvalue weighted by atomic mass is 16.2. The Morgan fingerprint density at radius 3 is 2.10 bits per heavy atom. The van der Waals surface area contributed by atoms with Crippen molar-refractivity contribution < 1.29 is 4.79 Å². The first-order valence-corrected chi connectivity index (χ1v) is 11.3. The number of hydrogen-bond acceptors (Lipinski definition) is 6. The maximum Gasteiger partial charge on any atom is 0.272 e. The third-order valence-electron chi connectivity index (χ3n) is 6.36. The molecule has 2 aliphatic heterocycles. The van der Waals surface area contributed by atoms with Gasteiger partial charge in [-0.3, -0.25) is 9.20 Å². The Balaban J connectivity index is 1.24. The molecular weight excluding hydrogens is 390 g/mol. The summed E-state index contributed by atoms with van der Waals surface area (Å²) in [5.41, 5.74) is 2.24. The number of rotatable bonds is 3. The number of carbonyl (C=O) groups excluding carboxylic acids is 1. The molecular formula is C23H29N7O. The van der Waals surface area contributed by atoms with E-state index in [1.807, 2.05) is 40.6 Å². The minimum atomic E-state index is 0.0402. The molecule has 8 nitrogen and oxygen atoms in total. The van der Waals surface area contributed by atoms with E-state index in [4.69, 9.17) is 0 Å². The number of anilines is 2. The standard InChI is InChI=1S/C23H29N7O/c1-18-22(30-13-7-4-8-19(30)24-18)23(31)29-16-14-28(15-17-29)21-10-9-20(25-26-21)27-11-5-2-3-6-12-27/h4,7-10,13H,2-3,5-6,11-12,14-17H2,1H3. The zero-order valence-electron chi connectivity index (χ0n) is 18.1. The largest absolute Gasteiger partial charge is 0.355 e. The molecule has 0 N–H and O–H groups in total. The van der Waals surface area contributed by atoms with Crippen LogP contribution in [-0.2, 0) is 0 Å². The Kier molecular flexibility index (Phi) is 5.44. The quantitative estimate of drug-likeness (QED) is 0.650. The Hall–Kier alpha value is -3.16. The Morgan fingerprint density at radius 1 is 0.806 bits per heavy atom. The van der Waals surface area contributed by atoms with E-state index in [-0.39, 0.29) is 5.91 Å². The number of amides is 1. The number of aryl methyl sites for hydroxylation is 1. The van der Waals surface area contributed by atoms with Gasteiger partial charge in [0.15, 0.2) is 11.6 Å².